The fraction of sp³-hybridized carbons (Fsp3) is 0.654. The van der Waals surface area contributed by atoms with Crippen LogP contribution in [0.15, 0.2) is 30.3 Å². The summed E-state index contributed by atoms with van der Waals surface area (Å²) in [6.07, 6.45) is 1.11. The number of carbonyl (C=O) groups is 3. The lowest BCUT2D eigenvalue weighted by Crippen LogP contribution is -2.56. The molecule has 0 saturated carbocycles. The predicted molar refractivity (Wildman–Crippen MR) is 130 cm³/mol. The first kappa shape index (κ1) is 25.1. The molecule has 3 amide bonds. The second kappa shape index (κ2) is 10.1. The average molecular weight is 501 g/mol. The van der Waals surface area contributed by atoms with Gasteiger partial charge in [0, 0.05) is 39.3 Å². The quantitative estimate of drug-likeness (QED) is 0.418. The number of benzene rings is 1. The Morgan fingerprint density at radius 3 is 2.56 bits per heavy atom. The van der Waals surface area contributed by atoms with Gasteiger partial charge < -0.3 is 30.1 Å². The van der Waals surface area contributed by atoms with E-state index in [1.165, 1.54) is 4.90 Å². The number of likely N-dealkylation sites (tertiary alicyclic amines) is 1. The molecule has 1 spiro atoms. The summed E-state index contributed by atoms with van der Waals surface area (Å²) in [7, 11) is 0. The first-order valence-corrected chi connectivity index (χ1v) is 12.9. The van der Waals surface area contributed by atoms with Crippen LogP contribution in [0.4, 0.5) is 0 Å². The lowest BCUT2D eigenvalue weighted by Gasteiger charge is -2.33. The molecule has 10 nitrogen and oxygen atoms in total. The van der Waals surface area contributed by atoms with E-state index in [1.54, 1.807) is 0 Å². The standard InChI is InChI=1S/C26H36N4O6/c1-25-7-8-26(36-25)20(19(25)22(32)28-17-18-5-3-2-4-6-18)24(34)30(11-14-31)21(26)23(33)27-9-10-29-12-15-35-16-13-29/h2-6,19-21,31H,7-17H2,1H3,(H,27,33)(H,28,32)/t19-,20-,21?,25+,26?/m0/s1. The summed E-state index contributed by atoms with van der Waals surface area (Å²) >= 11 is 0. The number of nitrogens with zero attached hydrogens (tertiary/aromatic N) is 2. The Labute approximate surface area is 211 Å². The topological polar surface area (TPSA) is 120 Å². The lowest BCUT2D eigenvalue weighted by molar-refractivity contribution is -0.146. The van der Waals surface area contributed by atoms with Crippen LogP contribution < -0.4 is 10.6 Å². The van der Waals surface area contributed by atoms with Gasteiger partial charge >= 0.3 is 0 Å². The number of nitrogens with one attached hydrogen (secondary N) is 2. The number of aliphatic hydroxyl groups excluding tert-OH is 1. The van der Waals surface area contributed by atoms with Crippen LogP contribution in [-0.2, 0) is 30.4 Å². The minimum absolute atomic E-state index is 0.0249. The molecular weight excluding hydrogens is 464 g/mol. The highest BCUT2D eigenvalue weighted by atomic mass is 16.5. The van der Waals surface area contributed by atoms with E-state index in [1.807, 2.05) is 37.3 Å². The third-order valence-electron chi connectivity index (χ3n) is 8.29. The first-order chi connectivity index (χ1) is 17.4. The molecule has 1 aromatic rings. The molecule has 0 radical (unpaired) electrons. The van der Waals surface area contributed by atoms with Gasteiger partial charge in [-0.15, -0.1) is 0 Å². The Hall–Kier alpha value is -2.53. The van der Waals surface area contributed by atoms with Gasteiger partial charge in [-0.05, 0) is 25.3 Å². The molecule has 0 aromatic heterocycles. The van der Waals surface area contributed by atoms with Crippen LogP contribution in [0.1, 0.15) is 25.3 Å². The Bertz CT molecular complexity index is 986. The van der Waals surface area contributed by atoms with Crippen molar-refractivity contribution >= 4 is 17.7 Å². The number of morpholine rings is 1. The van der Waals surface area contributed by atoms with Crippen LogP contribution in [0.5, 0.6) is 0 Å². The van der Waals surface area contributed by atoms with E-state index in [-0.39, 0.29) is 30.9 Å². The maximum absolute atomic E-state index is 13.7. The van der Waals surface area contributed by atoms with Crippen LogP contribution in [0.25, 0.3) is 0 Å². The van der Waals surface area contributed by atoms with Crippen molar-refractivity contribution in [2.24, 2.45) is 11.8 Å². The highest BCUT2D eigenvalue weighted by Crippen LogP contribution is 2.63. The minimum atomic E-state index is -1.07. The number of amides is 3. The van der Waals surface area contributed by atoms with E-state index >= 15 is 0 Å². The van der Waals surface area contributed by atoms with Gasteiger partial charge in [0.1, 0.15) is 11.6 Å². The van der Waals surface area contributed by atoms with Crippen molar-refractivity contribution in [3.05, 3.63) is 35.9 Å². The van der Waals surface area contributed by atoms with E-state index in [2.05, 4.69) is 15.5 Å². The second-order valence-electron chi connectivity index (χ2n) is 10.4. The van der Waals surface area contributed by atoms with Crippen molar-refractivity contribution in [2.45, 2.75) is 43.6 Å². The molecule has 5 rings (SSSR count). The number of rotatable bonds is 9. The van der Waals surface area contributed by atoms with Crippen molar-refractivity contribution in [1.29, 1.82) is 0 Å². The Morgan fingerprint density at radius 1 is 1.08 bits per heavy atom. The molecule has 10 heteroatoms. The highest BCUT2D eigenvalue weighted by molar-refractivity contribution is 5.99. The number of ether oxygens (including phenoxy) is 2. The lowest BCUT2D eigenvalue weighted by atomic mass is 9.66. The molecule has 2 unspecified atom stereocenters. The number of aliphatic hydroxyl groups is 1. The summed E-state index contributed by atoms with van der Waals surface area (Å²) in [5, 5.41) is 15.7. The Balaban J connectivity index is 1.33. The molecule has 1 aromatic carbocycles. The molecule has 4 aliphatic rings. The summed E-state index contributed by atoms with van der Waals surface area (Å²) in [6, 6.07) is 8.73. The van der Waals surface area contributed by atoms with E-state index in [9.17, 15) is 19.5 Å². The van der Waals surface area contributed by atoms with Gasteiger partial charge in [0.15, 0.2) is 0 Å². The monoisotopic (exact) mass is 500 g/mol. The smallest absolute Gasteiger partial charge is 0.245 e. The molecule has 4 fully saturated rings. The zero-order valence-corrected chi connectivity index (χ0v) is 20.8. The normalized spacial score (nSPS) is 33.6. The number of hydrogen-bond acceptors (Lipinski definition) is 7. The van der Waals surface area contributed by atoms with Gasteiger partial charge in [0.2, 0.25) is 17.7 Å². The van der Waals surface area contributed by atoms with Crippen LogP contribution in [0.2, 0.25) is 0 Å². The maximum atomic E-state index is 13.7. The fourth-order valence-electron chi connectivity index (χ4n) is 6.63. The Morgan fingerprint density at radius 2 is 1.83 bits per heavy atom. The molecule has 3 N–H and O–H groups in total. The van der Waals surface area contributed by atoms with Gasteiger partial charge in [0.25, 0.3) is 0 Å². The van der Waals surface area contributed by atoms with Crippen LogP contribution in [0.3, 0.4) is 0 Å². The zero-order valence-electron chi connectivity index (χ0n) is 20.8. The number of carbonyl (C=O) groups excluding carboxylic acids is 3. The third kappa shape index (κ3) is 4.30. The van der Waals surface area contributed by atoms with Crippen LogP contribution in [0, 0.1) is 11.8 Å². The maximum Gasteiger partial charge on any atom is 0.245 e. The van der Waals surface area contributed by atoms with Crippen molar-refractivity contribution in [2.75, 3.05) is 52.5 Å². The molecule has 4 heterocycles. The van der Waals surface area contributed by atoms with Crippen LogP contribution in [-0.4, -0.2) is 102 Å². The SMILES string of the molecule is C[C@]12CCC3(O1)C(C(=O)NCCN1CCOCC1)N(CCO)C(=O)[C@@H]3[C@H]2C(=O)NCc1ccccc1. The number of β-amino-alcohol motifs (C(OH)–C–C–N with tert-alkyl or cyclic N) is 1. The van der Waals surface area contributed by atoms with Gasteiger partial charge in [-0.3, -0.25) is 19.3 Å². The molecular formula is C26H36N4O6. The summed E-state index contributed by atoms with van der Waals surface area (Å²) in [6.45, 7) is 6.12. The van der Waals surface area contributed by atoms with E-state index in [0.29, 0.717) is 45.7 Å². The minimum Gasteiger partial charge on any atom is -0.395 e. The average Bonchev–Trinajstić information content (AvgIpc) is 3.45. The highest BCUT2D eigenvalue weighted by Gasteiger charge is 2.77. The van der Waals surface area contributed by atoms with E-state index in [4.69, 9.17) is 9.47 Å². The molecule has 2 bridgehead atoms. The zero-order chi connectivity index (χ0) is 25.3. The first-order valence-electron chi connectivity index (χ1n) is 12.9. The second-order valence-corrected chi connectivity index (χ2v) is 10.4. The predicted octanol–water partition coefficient (Wildman–Crippen LogP) is -0.492. The number of fused-ring (bicyclic) bond motifs is 1. The fourth-order valence-corrected chi connectivity index (χ4v) is 6.63. The molecule has 36 heavy (non-hydrogen) atoms. The van der Waals surface area contributed by atoms with E-state index < -0.39 is 29.1 Å². The van der Waals surface area contributed by atoms with Gasteiger partial charge in [-0.1, -0.05) is 30.3 Å². The van der Waals surface area contributed by atoms with E-state index in [0.717, 1.165) is 18.7 Å². The van der Waals surface area contributed by atoms with Crippen molar-refractivity contribution in [1.82, 2.24) is 20.4 Å². The van der Waals surface area contributed by atoms with Gasteiger partial charge in [0.05, 0.1) is 37.3 Å². The third-order valence-corrected chi connectivity index (χ3v) is 8.29. The van der Waals surface area contributed by atoms with Crippen molar-refractivity contribution < 1.29 is 29.0 Å². The molecule has 5 atom stereocenters. The molecule has 196 valence electrons. The summed E-state index contributed by atoms with van der Waals surface area (Å²) in [5.41, 5.74) is -0.927. The van der Waals surface area contributed by atoms with Crippen molar-refractivity contribution in [3.8, 4) is 0 Å². The largest absolute Gasteiger partial charge is 0.395 e. The van der Waals surface area contributed by atoms with Crippen molar-refractivity contribution in [3.63, 3.8) is 0 Å². The number of hydrogen-bond donors (Lipinski definition) is 3. The molecule has 4 aliphatic heterocycles. The van der Waals surface area contributed by atoms with Gasteiger partial charge in [-0.25, -0.2) is 0 Å². The summed E-state index contributed by atoms with van der Waals surface area (Å²) in [4.78, 5) is 44.3. The van der Waals surface area contributed by atoms with Gasteiger partial charge in [-0.2, -0.15) is 0 Å². The summed E-state index contributed by atoms with van der Waals surface area (Å²) < 4.78 is 11.9. The summed E-state index contributed by atoms with van der Waals surface area (Å²) in [5.74, 6) is -2.27. The van der Waals surface area contributed by atoms with Crippen LogP contribution >= 0.6 is 0 Å². The molecule has 0 aliphatic carbocycles. The Kier molecular flexibility index (Phi) is 7.04. The molecule has 4 saturated heterocycles.